The average Bonchev–Trinajstić information content (AvgIpc) is 2.96. The normalized spacial score (nSPS) is 56.6. The summed E-state index contributed by atoms with van der Waals surface area (Å²) in [6, 6.07) is 0. The highest BCUT2D eigenvalue weighted by atomic mass is 16.3. The SMILES string of the molecule is C=C(C)[C@H]1[C@H]2[C@H]3CC[C@@H]4[C@@]5(C)CCC(=O)C(C)(C)[C@@H]5CC[C@@]4(C)[C@]3(C)CC[C@@]2(C)C[C@@H]1O. The van der Waals surface area contributed by atoms with Crippen LogP contribution in [-0.4, -0.2) is 17.0 Å². The van der Waals surface area contributed by atoms with Crippen LogP contribution in [0.1, 0.15) is 106 Å². The third-order valence-electron chi connectivity index (χ3n) is 13.2. The Morgan fingerprint density at radius 2 is 1.59 bits per heavy atom. The first-order valence-corrected chi connectivity index (χ1v) is 13.6. The fourth-order valence-corrected chi connectivity index (χ4v) is 11.4. The quantitative estimate of drug-likeness (QED) is 0.438. The van der Waals surface area contributed by atoms with Crippen molar-refractivity contribution in [3.8, 4) is 0 Å². The summed E-state index contributed by atoms with van der Waals surface area (Å²) in [7, 11) is 0. The lowest BCUT2D eigenvalue weighted by Crippen LogP contribution is -2.66. The molecule has 5 aliphatic carbocycles. The number of hydrogen-bond acceptors (Lipinski definition) is 2. The van der Waals surface area contributed by atoms with Crippen LogP contribution < -0.4 is 0 Å². The Bertz CT molecular complexity index is 842. The molecule has 0 aliphatic heterocycles. The second kappa shape index (κ2) is 6.73. The van der Waals surface area contributed by atoms with Gasteiger partial charge in [0.05, 0.1) is 6.10 Å². The van der Waals surface area contributed by atoms with E-state index in [0.29, 0.717) is 40.3 Å². The molecule has 0 aromatic carbocycles. The number of carbonyl (C=O) groups excluding carboxylic acids is 1. The van der Waals surface area contributed by atoms with Crippen molar-refractivity contribution in [2.24, 2.45) is 56.7 Å². The maximum Gasteiger partial charge on any atom is 0.138 e. The molecule has 180 valence electrons. The first kappa shape index (κ1) is 23.1. The number of hydrogen-bond donors (Lipinski definition) is 1. The fourth-order valence-electron chi connectivity index (χ4n) is 11.4. The maximum atomic E-state index is 12.9. The largest absolute Gasteiger partial charge is 0.392 e. The molecule has 32 heavy (non-hydrogen) atoms. The topological polar surface area (TPSA) is 37.3 Å². The van der Waals surface area contributed by atoms with E-state index in [9.17, 15) is 9.90 Å². The molecular weight excluding hydrogens is 392 g/mol. The van der Waals surface area contributed by atoms with E-state index in [4.69, 9.17) is 0 Å². The molecule has 0 spiro atoms. The van der Waals surface area contributed by atoms with Crippen molar-refractivity contribution in [2.75, 3.05) is 0 Å². The molecule has 1 N–H and O–H groups in total. The summed E-state index contributed by atoms with van der Waals surface area (Å²) in [6.45, 7) is 21.4. The lowest BCUT2D eigenvalue weighted by Gasteiger charge is -2.72. The van der Waals surface area contributed by atoms with E-state index in [1.165, 1.54) is 44.1 Å². The van der Waals surface area contributed by atoms with Crippen LogP contribution >= 0.6 is 0 Å². The van der Waals surface area contributed by atoms with Crippen molar-refractivity contribution >= 4 is 5.78 Å². The van der Waals surface area contributed by atoms with Crippen LogP contribution in [0.25, 0.3) is 0 Å². The average molecular weight is 441 g/mol. The highest BCUT2D eigenvalue weighted by Gasteiger charge is 2.71. The number of Topliss-reactive ketones (excluding diaryl/α,β-unsaturated/α-hetero) is 1. The monoisotopic (exact) mass is 440 g/mol. The summed E-state index contributed by atoms with van der Waals surface area (Å²) < 4.78 is 0. The minimum absolute atomic E-state index is 0.169. The number of aliphatic hydroxyl groups excluding tert-OH is 1. The van der Waals surface area contributed by atoms with Crippen LogP contribution in [0.2, 0.25) is 0 Å². The fraction of sp³-hybridized carbons (Fsp3) is 0.900. The molecule has 0 aromatic heterocycles. The van der Waals surface area contributed by atoms with E-state index in [1.807, 2.05) is 0 Å². The summed E-state index contributed by atoms with van der Waals surface area (Å²) in [5.74, 6) is 3.26. The van der Waals surface area contributed by atoms with Gasteiger partial charge in [-0.2, -0.15) is 0 Å². The van der Waals surface area contributed by atoms with Gasteiger partial charge in [0.2, 0.25) is 0 Å². The summed E-state index contributed by atoms with van der Waals surface area (Å²) in [6.07, 6.45) is 10.2. The summed E-state index contributed by atoms with van der Waals surface area (Å²) in [5.41, 5.74) is 2.21. The molecule has 2 heteroatoms. The molecule has 0 unspecified atom stereocenters. The molecule has 0 aromatic rings. The number of ketones is 1. The van der Waals surface area contributed by atoms with E-state index in [2.05, 4.69) is 55.0 Å². The summed E-state index contributed by atoms with van der Waals surface area (Å²) in [5, 5.41) is 11.1. The summed E-state index contributed by atoms with van der Waals surface area (Å²) in [4.78, 5) is 12.9. The van der Waals surface area contributed by atoms with E-state index in [1.54, 1.807) is 0 Å². The van der Waals surface area contributed by atoms with Crippen molar-refractivity contribution < 1.29 is 9.90 Å². The van der Waals surface area contributed by atoms with Crippen LogP contribution in [0.15, 0.2) is 12.2 Å². The predicted molar refractivity (Wildman–Crippen MR) is 131 cm³/mol. The second-order valence-electron chi connectivity index (χ2n) is 14.6. The van der Waals surface area contributed by atoms with Gasteiger partial charge in [0.1, 0.15) is 5.78 Å². The first-order valence-electron chi connectivity index (χ1n) is 13.6. The summed E-state index contributed by atoms with van der Waals surface area (Å²) >= 11 is 0. The van der Waals surface area contributed by atoms with Gasteiger partial charge in [0.15, 0.2) is 0 Å². The number of rotatable bonds is 1. The molecule has 5 rings (SSSR count). The molecular formula is C30H48O2. The molecule has 2 nitrogen and oxygen atoms in total. The Morgan fingerprint density at radius 1 is 0.906 bits per heavy atom. The molecule has 0 saturated heterocycles. The van der Waals surface area contributed by atoms with Crippen molar-refractivity contribution in [1.29, 1.82) is 0 Å². The van der Waals surface area contributed by atoms with Gasteiger partial charge < -0.3 is 5.11 Å². The van der Waals surface area contributed by atoms with Gasteiger partial charge in [-0.05, 0) is 104 Å². The van der Waals surface area contributed by atoms with E-state index in [-0.39, 0.29) is 28.3 Å². The standard InChI is InChI=1S/C30H48O2/c1-18(2)24-20(31)17-27(5)15-16-29(7)19(25(24)27)9-10-22-28(6)13-12-23(32)26(3,4)21(28)11-14-30(22,29)8/h19-22,24-25,31H,1,9-17H2,2-8H3/t19-,20+,21+,22-,24-,25-,27+,28+,29-,30-/m1/s1. The number of aliphatic hydroxyl groups is 1. The van der Waals surface area contributed by atoms with Crippen molar-refractivity contribution in [3.05, 3.63) is 12.2 Å². The van der Waals surface area contributed by atoms with Crippen LogP contribution in [0.4, 0.5) is 0 Å². The zero-order chi connectivity index (χ0) is 23.5. The number of carbonyl (C=O) groups is 1. The second-order valence-corrected chi connectivity index (χ2v) is 14.6. The molecule has 5 saturated carbocycles. The number of fused-ring (bicyclic) bond motifs is 7. The van der Waals surface area contributed by atoms with Gasteiger partial charge in [0.25, 0.3) is 0 Å². The lowest BCUT2D eigenvalue weighted by molar-refractivity contribution is -0.232. The zero-order valence-corrected chi connectivity index (χ0v) is 21.9. The van der Waals surface area contributed by atoms with Crippen molar-refractivity contribution in [2.45, 2.75) is 112 Å². The molecule has 0 amide bonds. The zero-order valence-electron chi connectivity index (χ0n) is 21.9. The van der Waals surface area contributed by atoms with Gasteiger partial charge in [-0.25, -0.2) is 0 Å². The molecule has 5 aliphatic rings. The van der Waals surface area contributed by atoms with E-state index < -0.39 is 0 Å². The highest BCUT2D eigenvalue weighted by molar-refractivity contribution is 5.85. The smallest absolute Gasteiger partial charge is 0.138 e. The van der Waals surface area contributed by atoms with Gasteiger partial charge in [0, 0.05) is 17.8 Å². The van der Waals surface area contributed by atoms with E-state index in [0.717, 1.165) is 19.3 Å². The molecule has 0 bridgehead atoms. The predicted octanol–water partition coefficient (Wildman–Crippen LogP) is 7.20. The van der Waals surface area contributed by atoms with Crippen LogP contribution in [0, 0.1) is 56.7 Å². The third-order valence-corrected chi connectivity index (χ3v) is 13.2. The Labute approximate surface area is 197 Å². The molecule has 0 heterocycles. The van der Waals surface area contributed by atoms with Crippen LogP contribution in [0.3, 0.4) is 0 Å². The molecule has 5 fully saturated rings. The first-order chi connectivity index (χ1) is 14.7. The Kier molecular flexibility index (Phi) is 4.87. The minimum Gasteiger partial charge on any atom is -0.392 e. The molecule has 0 radical (unpaired) electrons. The van der Waals surface area contributed by atoms with E-state index >= 15 is 0 Å². The van der Waals surface area contributed by atoms with Gasteiger partial charge >= 0.3 is 0 Å². The maximum absolute atomic E-state index is 12.9. The van der Waals surface area contributed by atoms with Gasteiger partial charge in [-0.1, -0.05) is 53.7 Å². The van der Waals surface area contributed by atoms with Gasteiger partial charge in [-0.3, -0.25) is 4.79 Å². The third kappa shape index (κ3) is 2.60. The Morgan fingerprint density at radius 3 is 2.25 bits per heavy atom. The van der Waals surface area contributed by atoms with Crippen LogP contribution in [0.5, 0.6) is 0 Å². The minimum atomic E-state index is -0.214. The Balaban J connectivity index is 1.56. The van der Waals surface area contributed by atoms with Crippen LogP contribution in [-0.2, 0) is 4.79 Å². The van der Waals surface area contributed by atoms with Crippen molar-refractivity contribution in [1.82, 2.24) is 0 Å². The van der Waals surface area contributed by atoms with Crippen molar-refractivity contribution in [3.63, 3.8) is 0 Å². The highest BCUT2D eigenvalue weighted by Crippen LogP contribution is 2.77. The molecule has 10 atom stereocenters. The Hall–Kier alpha value is -0.630. The lowest BCUT2D eigenvalue weighted by atomic mass is 9.32. The van der Waals surface area contributed by atoms with Gasteiger partial charge in [-0.15, -0.1) is 0 Å².